The van der Waals surface area contributed by atoms with Gasteiger partial charge in [0.2, 0.25) is 5.91 Å². The Morgan fingerprint density at radius 3 is 2.80 bits per heavy atom. The van der Waals surface area contributed by atoms with E-state index in [9.17, 15) is 9.59 Å². The zero-order valence-corrected chi connectivity index (χ0v) is 10.8. The van der Waals surface area contributed by atoms with Gasteiger partial charge in [0.25, 0.3) is 5.56 Å². The zero-order valence-electron chi connectivity index (χ0n) is 7.67. The second-order valence-corrected chi connectivity index (χ2v) is 5.55. The minimum atomic E-state index is -0.242. The summed E-state index contributed by atoms with van der Waals surface area (Å²) < 4.78 is 0.753. The number of halogens is 2. The van der Waals surface area contributed by atoms with Crippen molar-refractivity contribution in [3.05, 3.63) is 27.1 Å². The first-order valence-electron chi connectivity index (χ1n) is 4.40. The molecule has 15 heavy (non-hydrogen) atoms. The number of carbonyl (C=O) groups excluding carboxylic acids is 1. The lowest BCUT2D eigenvalue weighted by Gasteiger charge is -2.14. The Kier molecular flexibility index (Phi) is 2.97. The van der Waals surface area contributed by atoms with Crippen molar-refractivity contribution in [1.29, 1.82) is 0 Å². The summed E-state index contributed by atoms with van der Waals surface area (Å²) in [6, 6.07) is 1.65. The number of H-pyrrole nitrogens is 1. The number of nitrogens with one attached hydrogen (secondary N) is 1. The molecule has 1 atom stereocenters. The SMILES string of the molecule is O=C1CC(Br)CN1c1cc(Br)c[nH]c1=O. The van der Waals surface area contributed by atoms with Crippen LogP contribution in [0.5, 0.6) is 0 Å². The fourth-order valence-electron chi connectivity index (χ4n) is 1.54. The number of pyridine rings is 1. The van der Waals surface area contributed by atoms with Crippen LogP contribution in [0.15, 0.2) is 21.5 Å². The highest BCUT2D eigenvalue weighted by Crippen LogP contribution is 2.23. The lowest BCUT2D eigenvalue weighted by Crippen LogP contribution is -2.30. The number of hydrogen-bond acceptors (Lipinski definition) is 2. The van der Waals surface area contributed by atoms with Crippen LogP contribution in [0, 0.1) is 0 Å². The first kappa shape index (κ1) is 10.9. The van der Waals surface area contributed by atoms with Gasteiger partial charge in [0.1, 0.15) is 5.69 Å². The third kappa shape index (κ3) is 2.15. The molecular weight excluding hydrogens is 328 g/mol. The predicted molar refractivity (Wildman–Crippen MR) is 64.4 cm³/mol. The molecule has 1 fully saturated rings. The average Bonchev–Trinajstić information content (AvgIpc) is 2.50. The molecule has 6 heteroatoms. The zero-order chi connectivity index (χ0) is 11.0. The molecular formula is C9H8Br2N2O2. The molecule has 1 aromatic heterocycles. The van der Waals surface area contributed by atoms with E-state index in [0.29, 0.717) is 18.7 Å². The molecule has 1 saturated heterocycles. The quantitative estimate of drug-likeness (QED) is 0.793. The lowest BCUT2D eigenvalue weighted by atomic mass is 10.4. The molecule has 0 bridgehead atoms. The summed E-state index contributed by atoms with van der Waals surface area (Å²) in [6.07, 6.45) is 1.99. The lowest BCUT2D eigenvalue weighted by molar-refractivity contribution is -0.117. The van der Waals surface area contributed by atoms with Crippen LogP contribution in [-0.2, 0) is 4.79 Å². The summed E-state index contributed by atoms with van der Waals surface area (Å²) >= 11 is 6.63. The van der Waals surface area contributed by atoms with E-state index in [2.05, 4.69) is 36.8 Å². The number of alkyl halides is 1. The van der Waals surface area contributed by atoms with E-state index < -0.39 is 0 Å². The number of hydrogen-bond donors (Lipinski definition) is 1. The van der Waals surface area contributed by atoms with Gasteiger partial charge in [0, 0.05) is 28.5 Å². The molecule has 4 nitrogen and oxygen atoms in total. The van der Waals surface area contributed by atoms with E-state index in [1.54, 1.807) is 12.3 Å². The normalized spacial score (nSPS) is 21.1. The van der Waals surface area contributed by atoms with E-state index in [1.807, 2.05) is 0 Å². The number of anilines is 1. The third-order valence-electron chi connectivity index (χ3n) is 2.22. The monoisotopic (exact) mass is 334 g/mol. The molecule has 80 valence electrons. The van der Waals surface area contributed by atoms with Crippen LogP contribution in [0.1, 0.15) is 6.42 Å². The molecule has 2 rings (SSSR count). The van der Waals surface area contributed by atoms with Gasteiger partial charge in [-0.25, -0.2) is 0 Å². The molecule has 1 aromatic rings. The summed E-state index contributed by atoms with van der Waals surface area (Å²) in [4.78, 5) is 27.3. The molecule has 1 N–H and O–H groups in total. The Morgan fingerprint density at radius 2 is 2.20 bits per heavy atom. The minimum Gasteiger partial charge on any atom is -0.326 e. The van der Waals surface area contributed by atoms with Crippen molar-refractivity contribution in [2.24, 2.45) is 0 Å². The second-order valence-electron chi connectivity index (χ2n) is 3.34. The molecule has 0 spiro atoms. The third-order valence-corrected chi connectivity index (χ3v) is 3.29. The summed E-state index contributed by atoms with van der Waals surface area (Å²) in [7, 11) is 0. The predicted octanol–water partition coefficient (Wildman–Crippen LogP) is 1.64. The van der Waals surface area contributed by atoms with Crippen molar-refractivity contribution in [2.45, 2.75) is 11.2 Å². The standard InChI is InChI=1S/C9H8Br2N2O2/c10-5-1-7(9(15)12-3-5)13-4-6(11)2-8(13)14/h1,3,6H,2,4H2,(H,12,15). The smallest absolute Gasteiger partial charge is 0.271 e. The van der Waals surface area contributed by atoms with Crippen LogP contribution in [0.25, 0.3) is 0 Å². The molecule has 0 saturated carbocycles. The topological polar surface area (TPSA) is 53.2 Å². The number of rotatable bonds is 1. The van der Waals surface area contributed by atoms with Crippen molar-refractivity contribution in [1.82, 2.24) is 4.98 Å². The van der Waals surface area contributed by atoms with Crippen molar-refractivity contribution in [2.75, 3.05) is 11.4 Å². The molecule has 1 aliphatic heterocycles. The molecule has 0 aliphatic carbocycles. The second kappa shape index (κ2) is 4.09. The van der Waals surface area contributed by atoms with Gasteiger partial charge in [-0.1, -0.05) is 15.9 Å². The largest absolute Gasteiger partial charge is 0.326 e. The maximum Gasteiger partial charge on any atom is 0.271 e. The van der Waals surface area contributed by atoms with Crippen molar-refractivity contribution in [3.8, 4) is 0 Å². The van der Waals surface area contributed by atoms with Gasteiger partial charge in [-0.15, -0.1) is 0 Å². The molecule has 1 aliphatic rings. The molecule has 0 aromatic carbocycles. The van der Waals surface area contributed by atoms with E-state index >= 15 is 0 Å². The van der Waals surface area contributed by atoms with Crippen molar-refractivity contribution in [3.63, 3.8) is 0 Å². The van der Waals surface area contributed by atoms with Gasteiger partial charge < -0.3 is 9.88 Å². The van der Waals surface area contributed by atoms with E-state index in [1.165, 1.54) is 4.90 Å². The van der Waals surface area contributed by atoms with Gasteiger partial charge in [-0.05, 0) is 22.0 Å². The van der Waals surface area contributed by atoms with Crippen LogP contribution in [0.2, 0.25) is 0 Å². The van der Waals surface area contributed by atoms with Crippen LogP contribution >= 0.6 is 31.9 Å². The van der Waals surface area contributed by atoms with E-state index in [4.69, 9.17) is 0 Å². The average molecular weight is 336 g/mol. The number of aromatic amines is 1. The molecule has 1 unspecified atom stereocenters. The van der Waals surface area contributed by atoms with Gasteiger partial charge >= 0.3 is 0 Å². The summed E-state index contributed by atoms with van der Waals surface area (Å²) in [5, 5.41) is 0. The summed E-state index contributed by atoms with van der Waals surface area (Å²) in [6.45, 7) is 0.540. The van der Waals surface area contributed by atoms with Crippen LogP contribution < -0.4 is 10.5 Å². The van der Waals surface area contributed by atoms with Gasteiger partial charge in [-0.2, -0.15) is 0 Å². The number of amides is 1. The Labute approximate surface area is 103 Å². The molecule has 2 heterocycles. The number of nitrogens with zero attached hydrogens (tertiary/aromatic N) is 1. The highest BCUT2D eigenvalue weighted by atomic mass is 79.9. The molecule has 0 radical (unpaired) electrons. The maximum atomic E-state index is 11.6. The first-order chi connectivity index (χ1) is 7.08. The Hall–Kier alpha value is -0.620. The maximum absolute atomic E-state index is 11.6. The van der Waals surface area contributed by atoms with E-state index in [-0.39, 0.29) is 16.3 Å². The van der Waals surface area contributed by atoms with Gasteiger partial charge in [0.15, 0.2) is 0 Å². The summed E-state index contributed by atoms with van der Waals surface area (Å²) in [5.41, 5.74) is 0.157. The van der Waals surface area contributed by atoms with Crippen LogP contribution in [0.3, 0.4) is 0 Å². The highest BCUT2D eigenvalue weighted by Gasteiger charge is 2.30. The van der Waals surface area contributed by atoms with Crippen molar-refractivity contribution >= 4 is 43.5 Å². The van der Waals surface area contributed by atoms with Gasteiger partial charge in [0.05, 0.1) is 0 Å². The fraction of sp³-hybridized carbons (Fsp3) is 0.333. The van der Waals surface area contributed by atoms with Crippen LogP contribution in [-0.4, -0.2) is 22.3 Å². The number of carbonyl (C=O) groups is 1. The Balaban J connectivity index is 2.41. The summed E-state index contributed by atoms with van der Waals surface area (Å²) in [5.74, 6) is -0.0273. The molecule has 1 amide bonds. The van der Waals surface area contributed by atoms with E-state index in [0.717, 1.165) is 4.47 Å². The Bertz CT molecular complexity index is 458. The first-order valence-corrected chi connectivity index (χ1v) is 6.11. The fourth-order valence-corrected chi connectivity index (χ4v) is 2.44. The minimum absolute atomic E-state index is 0.0273. The van der Waals surface area contributed by atoms with Crippen LogP contribution in [0.4, 0.5) is 5.69 Å². The highest BCUT2D eigenvalue weighted by molar-refractivity contribution is 9.10. The Morgan fingerprint density at radius 1 is 1.47 bits per heavy atom. The van der Waals surface area contributed by atoms with Crippen molar-refractivity contribution < 1.29 is 4.79 Å². The van der Waals surface area contributed by atoms with Gasteiger partial charge in [-0.3, -0.25) is 9.59 Å². The number of aromatic nitrogens is 1.